The molecule has 0 heterocycles. The SMILES string of the molecule is CCCC(=O)Oc1c(O)cccc1C(=O)O. The Morgan fingerprint density at radius 1 is 1.38 bits per heavy atom. The zero-order chi connectivity index (χ0) is 12.1. The molecule has 1 rings (SSSR count). The van der Waals surface area contributed by atoms with Crippen molar-refractivity contribution in [3.8, 4) is 11.5 Å². The zero-order valence-corrected chi connectivity index (χ0v) is 8.77. The Kier molecular flexibility index (Phi) is 3.88. The van der Waals surface area contributed by atoms with Crippen molar-refractivity contribution >= 4 is 11.9 Å². The summed E-state index contributed by atoms with van der Waals surface area (Å²) in [6.07, 6.45) is 0.766. The van der Waals surface area contributed by atoms with Gasteiger partial charge in [0.2, 0.25) is 0 Å². The first kappa shape index (κ1) is 12.0. The van der Waals surface area contributed by atoms with Crippen LogP contribution in [0, 0.1) is 0 Å². The van der Waals surface area contributed by atoms with Crippen molar-refractivity contribution in [2.45, 2.75) is 19.8 Å². The minimum absolute atomic E-state index is 0.174. The molecule has 0 radical (unpaired) electrons. The summed E-state index contributed by atoms with van der Waals surface area (Å²) >= 11 is 0. The molecule has 0 aromatic heterocycles. The number of hydrogen-bond donors (Lipinski definition) is 2. The molecular weight excluding hydrogens is 212 g/mol. The molecule has 1 aromatic carbocycles. The van der Waals surface area contributed by atoms with Crippen molar-refractivity contribution in [1.82, 2.24) is 0 Å². The lowest BCUT2D eigenvalue weighted by molar-refractivity contribution is -0.134. The molecule has 0 bridgehead atoms. The average Bonchev–Trinajstić information content (AvgIpc) is 2.21. The molecule has 0 aliphatic heterocycles. The molecule has 0 fully saturated rings. The fourth-order valence-corrected chi connectivity index (χ4v) is 1.17. The van der Waals surface area contributed by atoms with Crippen LogP contribution in [0.5, 0.6) is 11.5 Å². The lowest BCUT2D eigenvalue weighted by atomic mass is 10.2. The molecule has 2 N–H and O–H groups in total. The lowest BCUT2D eigenvalue weighted by Crippen LogP contribution is -2.10. The number of ether oxygens (including phenoxy) is 1. The number of carboxylic acid groups (broad SMARTS) is 1. The molecule has 5 nitrogen and oxygen atoms in total. The summed E-state index contributed by atoms with van der Waals surface area (Å²) < 4.78 is 4.81. The summed E-state index contributed by atoms with van der Waals surface area (Å²) in [6, 6.07) is 3.90. The lowest BCUT2D eigenvalue weighted by Gasteiger charge is -2.08. The third-order valence-electron chi connectivity index (χ3n) is 1.89. The van der Waals surface area contributed by atoms with Crippen LogP contribution in [-0.4, -0.2) is 22.2 Å². The molecule has 0 aliphatic rings. The predicted octanol–water partition coefficient (Wildman–Crippen LogP) is 1.80. The van der Waals surface area contributed by atoms with E-state index in [0.717, 1.165) is 0 Å². The number of hydrogen-bond acceptors (Lipinski definition) is 4. The van der Waals surface area contributed by atoms with Crippen molar-refractivity contribution < 1.29 is 24.5 Å². The summed E-state index contributed by atoms with van der Waals surface area (Å²) in [4.78, 5) is 22.0. The van der Waals surface area contributed by atoms with Crippen molar-refractivity contribution in [2.24, 2.45) is 0 Å². The first-order valence-corrected chi connectivity index (χ1v) is 4.82. The predicted molar refractivity (Wildman–Crippen MR) is 55.6 cm³/mol. The standard InChI is InChI=1S/C11H12O5/c1-2-4-9(13)16-10-7(11(14)15)5-3-6-8(10)12/h3,5-6,12H,2,4H2,1H3,(H,14,15). The zero-order valence-electron chi connectivity index (χ0n) is 8.77. The summed E-state index contributed by atoms with van der Waals surface area (Å²) in [7, 11) is 0. The van der Waals surface area contributed by atoms with Crippen LogP contribution in [0.3, 0.4) is 0 Å². The molecule has 0 saturated heterocycles. The molecular formula is C11H12O5. The van der Waals surface area contributed by atoms with Crippen LogP contribution in [-0.2, 0) is 4.79 Å². The van der Waals surface area contributed by atoms with Gasteiger partial charge in [0.05, 0.1) is 0 Å². The van der Waals surface area contributed by atoms with Gasteiger partial charge in [0.25, 0.3) is 0 Å². The van der Waals surface area contributed by atoms with Gasteiger partial charge in [-0.1, -0.05) is 13.0 Å². The largest absolute Gasteiger partial charge is 0.504 e. The van der Waals surface area contributed by atoms with Gasteiger partial charge in [-0.15, -0.1) is 0 Å². The Morgan fingerprint density at radius 3 is 2.62 bits per heavy atom. The quantitative estimate of drug-likeness (QED) is 0.601. The van der Waals surface area contributed by atoms with Gasteiger partial charge < -0.3 is 14.9 Å². The first-order valence-electron chi connectivity index (χ1n) is 4.82. The van der Waals surface area contributed by atoms with Gasteiger partial charge in [-0.2, -0.15) is 0 Å². The molecule has 86 valence electrons. The molecule has 0 saturated carbocycles. The summed E-state index contributed by atoms with van der Waals surface area (Å²) in [5.41, 5.74) is -0.232. The summed E-state index contributed by atoms with van der Waals surface area (Å²) in [5.74, 6) is -2.47. The minimum atomic E-state index is -1.25. The van der Waals surface area contributed by atoms with Gasteiger partial charge in [0.1, 0.15) is 5.56 Å². The van der Waals surface area contributed by atoms with E-state index in [9.17, 15) is 14.7 Å². The molecule has 0 atom stereocenters. The number of esters is 1. The minimum Gasteiger partial charge on any atom is -0.504 e. The number of phenolic OH excluding ortho intramolecular Hbond substituents is 1. The Morgan fingerprint density at radius 2 is 2.06 bits per heavy atom. The second-order valence-corrected chi connectivity index (χ2v) is 3.18. The number of carboxylic acids is 1. The number of aromatic carboxylic acids is 1. The highest BCUT2D eigenvalue weighted by Gasteiger charge is 2.17. The van der Waals surface area contributed by atoms with E-state index in [4.69, 9.17) is 9.84 Å². The molecule has 0 spiro atoms. The number of para-hydroxylation sites is 1. The van der Waals surface area contributed by atoms with Crippen LogP contribution in [0.15, 0.2) is 18.2 Å². The molecule has 5 heteroatoms. The topological polar surface area (TPSA) is 83.8 Å². The van der Waals surface area contributed by atoms with E-state index in [1.54, 1.807) is 6.92 Å². The smallest absolute Gasteiger partial charge is 0.339 e. The Bertz CT molecular complexity index is 411. The third kappa shape index (κ3) is 2.73. The number of carbonyl (C=O) groups is 2. The van der Waals surface area contributed by atoms with E-state index in [0.29, 0.717) is 6.42 Å². The van der Waals surface area contributed by atoms with Crippen LogP contribution in [0.1, 0.15) is 30.1 Å². The fourth-order valence-electron chi connectivity index (χ4n) is 1.17. The van der Waals surface area contributed by atoms with Crippen molar-refractivity contribution in [1.29, 1.82) is 0 Å². The normalized spacial score (nSPS) is 9.81. The average molecular weight is 224 g/mol. The Balaban J connectivity index is 3.01. The summed E-state index contributed by atoms with van der Waals surface area (Å²) in [6.45, 7) is 1.80. The maximum Gasteiger partial charge on any atom is 0.339 e. The van der Waals surface area contributed by atoms with Crippen molar-refractivity contribution in [3.05, 3.63) is 23.8 Å². The van der Waals surface area contributed by atoms with Gasteiger partial charge in [-0.3, -0.25) is 4.79 Å². The van der Waals surface area contributed by atoms with Crippen LogP contribution in [0.25, 0.3) is 0 Å². The van der Waals surface area contributed by atoms with Gasteiger partial charge >= 0.3 is 11.9 Å². The van der Waals surface area contributed by atoms with Crippen LogP contribution in [0.2, 0.25) is 0 Å². The Hall–Kier alpha value is -2.04. The fraction of sp³-hybridized carbons (Fsp3) is 0.273. The first-order chi connectivity index (χ1) is 7.56. The van der Waals surface area contributed by atoms with Gasteiger partial charge in [-0.05, 0) is 18.6 Å². The van der Waals surface area contributed by atoms with Crippen LogP contribution >= 0.6 is 0 Å². The summed E-state index contributed by atoms with van der Waals surface area (Å²) in [5, 5.41) is 18.2. The molecule has 1 aromatic rings. The van der Waals surface area contributed by atoms with Crippen LogP contribution in [0.4, 0.5) is 0 Å². The van der Waals surface area contributed by atoms with E-state index in [2.05, 4.69) is 0 Å². The van der Waals surface area contributed by atoms with Crippen molar-refractivity contribution in [3.63, 3.8) is 0 Å². The maximum absolute atomic E-state index is 11.2. The highest BCUT2D eigenvalue weighted by Crippen LogP contribution is 2.30. The van der Waals surface area contributed by atoms with E-state index in [-0.39, 0.29) is 23.5 Å². The number of benzene rings is 1. The third-order valence-corrected chi connectivity index (χ3v) is 1.89. The molecule has 0 aliphatic carbocycles. The van der Waals surface area contributed by atoms with Gasteiger partial charge in [-0.25, -0.2) is 4.79 Å². The van der Waals surface area contributed by atoms with Crippen LogP contribution < -0.4 is 4.74 Å². The van der Waals surface area contributed by atoms with Crippen molar-refractivity contribution in [2.75, 3.05) is 0 Å². The molecule has 0 unspecified atom stereocenters. The van der Waals surface area contributed by atoms with E-state index >= 15 is 0 Å². The highest BCUT2D eigenvalue weighted by atomic mass is 16.5. The monoisotopic (exact) mass is 224 g/mol. The Labute approximate surface area is 92.3 Å². The maximum atomic E-state index is 11.2. The second kappa shape index (κ2) is 5.16. The van der Waals surface area contributed by atoms with Gasteiger partial charge in [0.15, 0.2) is 11.5 Å². The van der Waals surface area contributed by atoms with E-state index < -0.39 is 11.9 Å². The van der Waals surface area contributed by atoms with E-state index in [1.165, 1.54) is 18.2 Å². The number of carbonyl (C=O) groups excluding carboxylic acids is 1. The van der Waals surface area contributed by atoms with E-state index in [1.807, 2.05) is 0 Å². The number of phenols is 1. The highest BCUT2D eigenvalue weighted by molar-refractivity contribution is 5.93. The number of aromatic hydroxyl groups is 1. The molecule has 16 heavy (non-hydrogen) atoms. The molecule has 0 amide bonds. The second-order valence-electron chi connectivity index (χ2n) is 3.18. The number of rotatable bonds is 4. The van der Waals surface area contributed by atoms with Gasteiger partial charge in [0, 0.05) is 6.42 Å².